The molecule has 0 aliphatic rings. The molecule has 0 aliphatic heterocycles. The van der Waals surface area contributed by atoms with Crippen LogP contribution in [-0.2, 0) is 9.68 Å². The first kappa shape index (κ1) is 15.1. The van der Waals surface area contributed by atoms with E-state index < -0.39 is 5.91 Å². The molecule has 7 heteroatoms. The Hall–Kier alpha value is -1.99. The summed E-state index contributed by atoms with van der Waals surface area (Å²) in [4.78, 5) is 21.6. The van der Waals surface area contributed by atoms with E-state index in [1.54, 1.807) is 0 Å². The van der Waals surface area contributed by atoms with Crippen LogP contribution in [0.3, 0.4) is 0 Å². The summed E-state index contributed by atoms with van der Waals surface area (Å²) < 4.78 is 15.5. The van der Waals surface area contributed by atoms with Crippen LogP contribution in [0.5, 0.6) is 17.2 Å². The Balaban J connectivity index is 3.26. The van der Waals surface area contributed by atoms with Crippen LogP contribution in [-0.4, -0.2) is 46.7 Å². The van der Waals surface area contributed by atoms with Gasteiger partial charge in [-0.25, -0.2) is 9.68 Å². The van der Waals surface area contributed by atoms with Gasteiger partial charge >= 0.3 is 5.91 Å². The molecule has 1 amide bonds. The van der Waals surface area contributed by atoms with Gasteiger partial charge in [0.2, 0.25) is 5.75 Å². The third kappa shape index (κ3) is 3.07. The highest BCUT2D eigenvalue weighted by molar-refractivity contribution is 5.94. The Labute approximate surface area is 111 Å². The molecule has 0 aliphatic carbocycles. The van der Waals surface area contributed by atoms with Gasteiger partial charge in [-0.05, 0) is 12.1 Å². The van der Waals surface area contributed by atoms with Crippen LogP contribution in [0, 0.1) is 0 Å². The summed E-state index contributed by atoms with van der Waals surface area (Å²) in [6, 6.07) is 3.02. The molecule has 0 heterocycles. The van der Waals surface area contributed by atoms with Crippen LogP contribution in [0.15, 0.2) is 12.1 Å². The number of hydroxylamine groups is 2. The van der Waals surface area contributed by atoms with Gasteiger partial charge in [-0.2, -0.15) is 0 Å². The van der Waals surface area contributed by atoms with E-state index >= 15 is 0 Å². The van der Waals surface area contributed by atoms with E-state index in [9.17, 15) is 4.79 Å². The molecule has 1 aromatic carbocycles. The topological polar surface area (TPSA) is 66.5 Å². The van der Waals surface area contributed by atoms with Gasteiger partial charge in [0.25, 0.3) is 0 Å². The maximum atomic E-state index is 12.1. The number of ether oxygens (including phenoxy) is 3. The van der Waals surface area contributed by atoms with Crippen LogP contribution in [0.2, 0.25) is 0 Å². The molecule has 7 nitrogen and oxygen atoms in total. The third-order valence-electron chi connectivity index (χ3n) is 2.41. The second kappa shape index (κ2) is 6.81. The molecular weight excluding hydrogens is 254 g/mol. The Morgan fingerprint density at radius 3 is 1.68 bits per heavy atom. The van der Waals surface area contributed by atoms with Crippen molar-refractivity contribution in [3.63, 3.8) is 0 Å². The van der Waals surface area contributed by atoms with Gasteiger partial charge in [-0.15, -0.1) is 0 Å². The number of methoxy groups -OCH3 is 3. The molecule has 0 atom stereocenters. The quantitative estimate of drug-likeness (QED) is 0.726. The maximum Gasteiger partial charge on any atom is 0.304 e. The number of rotatable bonds is 6. The summed E-state index contributed by atoms with van der Waals surface area (Å²) in [5.74, 6) is 0.655. The van der Waals surface area contributed by atoms with Crippen molar-refractivity contribution in [2.24, 2.45) is 0 Å². The first-order valence-corrected chi connectivity index (χ1v) is 5.35. The number of hydrogen-bond donors (Lipinski definition) is 0. The van der Waals surface area contributed by atoms with E-state index in [2.05, 4.69) is 0 Å². The Bertz CT molecular complexity index is 419. The zero-order valence-corrected chi connectivity index (χ0v) is 11.6. The standard InChI is InChI=1S/C12H17NO6/c1-15-9-6-8(12(14)13(18-4)19-5)7-10(16-2)11(9)17-3/h6-7H,1-5H3. The van der Waals surface area contributed by atoms with Gasteiger partial charge < -0.3 is 14.2 Å². The minimum absolute atomic E-state index is 0.276. The minimum atomic E-state index is -0.496. The predicted molar refractivity (Wildman–Crippen MR) is 66.3 cm³/mol. The van der Waals surface area contributed by atoms with Crippen LogP contribution < -0.4 is 14.2 Å². The number of carbonyl (C=O) groups excluding carboxylic acids is 1. The summed E-state index contributed by atoms with van der Waals surface area (Å²) >= 11 is 0. The van der Waals surface area contributed by atoms with E-state index in [0.717, 1.165) is 5.23 Å². The molecule has 0 unspecified atom stereocenters. The van der Waals surface area contributed by atoms with Crippen molar-refractivity contribution in [1.29, 1.82) is 0 Å². The van der Waals surface area contributed by atoms with Crippen molar-refractivity contribution in [2.45, 2.75) is 0 Å². The molecule has 0 radical (unpaired) electrons. The first-order valence-electron chi connectivity index (χ1n) is 5.35. The molecule has 106 valence electrons. The molecule has 1 rings (SSSR count). The summed E-state index contributed by atoms with van der Waals surface area (Å²) in [7, 11) is 7.06. The van der Waals surface area contributed by atoms with Crippen LogP contribution in [0.1, 0.15) is 10.4 Å². The number of amides is 1. The fourth-order valence-electron chi connectivity index (χ4n) is 1.55. The summed E-state index contributed by atoms with van der Waals surface area (Å²) in [5, 5.41) is 0.737. The lowest BCUT2D eigenvalue weighted by molar-refractivity contribution is -0.299. The number of benzene rings is 1. The Kier molecular flexibility index (Phi) is 5.40. The van der Waals surface area contributed by atoms with Crippen LogP contribution >= 0.6 is 0 Å². The summed E-state index contributed by atoms with van der Waals surface area (Å²) in [6.45, 7) is 0. The molecule has 0 fully saturated rings. The van der Waals surface area contributed by atoms with E-state index in [0.29, 0.717) is 17.2 Å². The van der Waals surface area contributed by atoms with E-state index in [-0.39, 0.29) is 5.56 Å². The number of nitrogens with zero attached hydrogens (tertiary/aromatic N) is 1. The van der Waals surface area contributed by atoms with E-state index in [1.807, 2.05) is 0 Å². The molecular formula is C12H17NO6. The lowest BCUT2D eigenvalue weighted by atomic mass is 10.1. The monoisotopic (exact) mass is 271 g/mol. The molecule has 0 spiro atoms. The number of hydrogen-bond acceptors (Lipinski definition) is 6. The number of carbonyl (C=O) groups is 1. The van der Waals surface area contributed by atoms with Gasteiger partial charge in [0, 0.05) is 0 Å². The van der Waals surface area contributed by atoms with Gasteiger partial charge in [-0.3, -0.25) is 4.79 Å². The smallest absolute Gasteiger partial charge is 0.304 e. The second-order valence-electron chi connectivity index (χ2n) is 3.34. The fourth-order valence-corrected chi connectivity index (χ4v) is 1.55. The highest BCUT2D eigenvalue weighted by atomic mass is 16.9. The zero-order chi connectivity index (χ0) is 14.4. The average Bonchev–Trinajstić information content (AvgIpc) is 2.46. The van der Waals surface area contributed by atoms with Gasteiger partial charge in [-0.1, -0.05) is 5.23 Å². The molecule has 1 aromatic rings. The Morgan fingerprint density at radius 1 is 0.895 bits per heavy atom. The lowest BCUT2D eigenvalue weighted by Gasteiger charge is -2.18. The van der Waals surface area contributed by atoms with Crippen LogP contribution in [0.4, 0.5) is 0 Å². The Morgan fingerprint density at radius 2 is 1.37 bits per heavy atom. The lowest BCUT2D eigenvalue weighted by Crippen LogP contribution is -2.28. The maximum absolute atomic E-state index is 12.1. The van der Waals surface area contributed by atoms with Crippen molar-refractivity contribution >= 4 is 5.91 Å². The van der Waals surface area contributed by atoms with Gasteiger partial charge in [0.05, 0.1) is 41.1 Å². The second-order valence-corrected chi connectivity index (χ2v) is 3.34. The normalized spacial score (nSPS) is 9.95. The molecule has 0 saturated heterocycles. The van der Waals surface area contributed by atoms with Gasteiger partial charge in [0.1, 0.15) is 0 Å². The van der Waals surface area contributed by atoms with Crippen LogP contribution in [0.25, 0.3) is 0 Å². The predicted octanol–water partition coefficient (Wildman–Crippen LogP) is 1.28. The molecule has 0 bridgehead atoms. The van der Waals surface area contributed by atoms with Crippen molar-refractivity contribution in [2.75, 3.05) is 35.5 Å². The highest BCUT2D eigenvalue weighted by Crippen LogP contribution is 2.38. The molecule has 19 heavy (non-hydrogen) atoms. The van der Waals surface area contributed by atoms with Crippen molar-refractivity contribution in [1.82, 2.24) is 5.23 Å². The SMILES string of the molecule is COc1cc(C(=O)N(OC)OC)cc(OC)c1OC. The van der Waals surface area contributed by atoms with Crippen molar-refractivity contribution in [3.8, 4) is 17.2 Å². The average molecular weight is 271 g/mol. The molecule has 0 saturated carbocycles. The van der Waals surface area contributed by atoms with Crippen molar-refractivity contribution in [3.05, 3.63) is 17.7 Å². The van der Waals surface area contributed by atoms with Crippen molar-refractivity contribution < 1.29 is 28.7 Å². The summed E-state index contributed by atoms with van der Waals surface area (Å²) in [5.41, 5.74) is 0.276. The summed E-state index contributed by atoms with van der Waals surface area (Å²) in [6.07, 6.45) is 0. The molecule has 0 aromatic heterocycles. The largest absolute Gasteiger partial charge is 0.493 e. The third-order valence-corrected chi connectivity index (χ3v) is 2.41. The van der Waals surface area contributed by atoms with E-state index in [1.165, 1.54) is 47.7 Å². The van der Waals surface area contributed by atoms with Gasteiger partial charge in [0.15, 0.2) is 11.5 Å². The zero-order valence-electron chi connectivity index (χ0n) is 11.6. The molecule has 0 N–H and O–H groups in total. The first-order chi connectivity index (χ1) is 9.12. The highest BCUT2D eigenvalue weighted by Gasteiger charge is 2.21. The van der Waals surface area contributed by atoms with E-state index in [4.69, 9.17) is 23.9 Å². The fraction of sp³-hybridized carbons (Fsp3) is 0.417. The minimum Gasteiger partial charge on any atom is -0.493 e.